The van der Waals surface area contributed by atoms with E-state index in [-0.39, 0.29) is 0 Å². The van der Waals surface area contributed by atoms with Crippen LogP contribution in [0.2, 0.25) is 0 Å². The van der Waals surface area contributed by atoms with Gasteiger partial charge in [-0.1, -0.05) is 58.4 Å². The predicted octanol–water partition coefficient (Wildman–Crippen LogP) is 4.70. The van der Waals surface area contributed by atoms with Crippen molar-refractivity contribution in [3.8, 4) is 0 Å². The Morgan fingerprint density at radius 2 is 1.74 bits per heavy atom. The van der Waals surface area contributed by atoms with E-state index in [4.69, 9.17) is 0 Å². The maximum atomic E-state index is 4.17. The largest absolute Gasteiger partial charge is 0.310 e. The number of nitrogens with one attached hydrogen (secondary N) is 1. The minimum absolute atomic E-state index is 0.679. The van der Waals surface area contributed by atoms with E-state index >= 15 is 0 Å². The minimum atomic E-state index is 0.679. The molecule has 1 heterocycles. The highest BCUT2D eigenvalue weighted by molar-refractivity contribution is 5.07. The third kappa shape index (κ3) is 7.99. The lowest BCUT2D eigenvalue weighted by atomic mass is 10.0. The van der Waals surface area contributed by atoms with Gasteiger partial charge in [0, 0.05) is 25.0 Å². The van der Waals surface area contributed by atoms with Crippen molar-refractivity contribution in [2.45, 2.75) is 77.8 Å². The molecule has 0 radical (unpaired) electrons. The molecule has 1 aromatic rings. The summed E-state index contributed by atoms with van der Waals surface area (Å²) in [6.45, 7) is 5.50. The maximum absolute atomic E-state index is 4.17. The van der Waals surface area contributed by atoms with Crippen LogP contribution in [0.1, 0.15) is 70.8 Å². The summed E-state index contributed by atoms with van der Waals surface area (Å²) in [6, 6.07) is 4.84. The van der Waals surface area contributed by atoms with Gasteiger partial charge in [-0.2, -0.15) is 0 Å². The van der Waals surface area contributed by atoms with E-state index in [1.807, 2.05) is 18.5 Å². The minimum Gasteiger partial charge on any atom is -0.310 e. The maximum Gasteiger partial charge on any atom is 0.0312 e. The topological polar surface area (TPSA) is 24.9 Å². The molecule has 0 fully saturated rings. The van der Waals surface area contributed by atoms with Crippen molar-refractivity contribution in [3.05, 3.63) is 30.1 Å². The molecule has 2 nitrogen and oxygen atoms in total. The Morgan fingerprint density at radius 1 is 1.05 bits per heavy atom. The predicted molar refractivity (Wildman–Crippen MR) is 83.1 cm³/mol. The zero-order valence-electron chi connectivity index (χ0n) is 12.7. The van der Waals surface area contributed by atoms with Crippen molar-refractivity contribution in [2.75, 3.05) is 0 Å². The van der Waals surface area contributed by atoms with Crippen LogP contribution in [0.25, 0.3) is 0 Å². The summed E-state index contributed by atoms with van der Waals surface area (Å²) in [4.78, 5) is 4.17. The van der Waals surface area contributed by atoms with Gasteiger partial charge in [0.15, 0.2) is 0 Å². The molecule has 19 heavy (non-hydrogen) atoms. The summed E-state index contributed by atoms with van der Waals surface area (Å²) < 4.78 is 0. The van der Waals surface area contributed by atoms with Crippen LogP contribution in [-0.2, 0) is 6.54 Å². The highest BCUT2D eigenvalue weighted by atomic mass is 14.9. The van der Waals surface area contributed by atoms with Crippen LogP contribution in [0.5, 0.6) is 0 Å². The van der Waals surface area contributed by atoms with Crippen LogP contribution >= 0.6 is 0 Å². The van der Waals surface area contributed by atoms with Gasteiger partial charge in [0.1, 0.15) is 0 Å². The molecule has 0 unspecified atom stereocenters. The van der Waals surface area contributed by atoms with Crippen molar-refractivity contribution in [1.29, 1.82) is 0 Å². The molecule has 0 bridgehead atoms. The SMILES string of the molecule is CCCCCC(CCCCC)NCc1cccnc1. The Hall–Kier alpha value is -0.890. The molecule has 1 N–H and O–H groups in total. The van der Waals surface area contributed by atoms with Crippen LogP contribution in [0.15, 0.2) is 24.5 Å². The first-order valence-corrected chi connectivity index (χ1v) is 7.99. The molecule has 2 heteroatoms. The molecular weight excluding hydrogens is 232 g/mol. The van der Waals surface area contributed by atoms with E-state index in [1.165, 1.54) is 56.9 Å². The van der Waals surface area contributed by atoms with E-state index in [0.717, 1.165) is 6.54 Å². The van der Waals surface area contributed by atoms with Gasteiger partial charge in [0.25, 0.3) is 0 Å². The first-order chi connectivity index (χ1) is 9.36. The Bertz CT molecular complexity index is 287. The van der Waals surface area contributed by atoms with E-state index in [2.05, 4.69) is 30.2 Å². The molecule has 0 saturated carbocycles. The van der Waals surface area contributed by atoms with Gasteiger partial charge >= 0.3 is 0 Å². The van der Waals surface area contributed by atoms with Gasteiger partial charge in [-0.3, -0.25) is 4.98 Å². The summed E-state index contributed by atoms with van der Waals surface area (Å²) in [5.41, 5.74) is 1.29. The van der Waals surface area contributed by atoms with E-state index < -0.39 is 0 Å². The zero-order chi connectivity index (χ0) is 13.8. The number of nitrogens with zero attached hydrogens (tertiary/aromatic N) is 1. The lowest BCUT2D eigenvalue weighted by molar-refractivity contribution is 0.417. The number of unbranched alkanes of at least 4 members (excludes halogenated alkanes) is 4. The van der Waals surface area contributed by atoms with Crippen molar-refractivity contribution in [1.82, 2.24) is 10.3 Å². The monoisotopic (exact) mass is 262 g/mol. The van der Waals surface area contributed by atoms with Gasteiger partial charge in [-0.15, -0.1) is 0 Å². The third-order valence-electron chi connectivity index (χ3n) is 3.63. The molecule has 0 saturated heterocycles. The van der Waals surface area contributed by atoms with Crippen LogP contribution in [0.4, 0.5) is 0 Å². The molecule has 0 amide bonds. The Morgan fingerprint density at radius 3 is 2.26 bits per heavy atom. The molecule has 0 atom stereocenters. The van der Waals surface area contributed by atoms with Crippen LogP contribution in [0, 0.1) is 0 Å². The van der Waals surface area contributed by atoms with Crippen molar-refractivity contribution < 1.29 is 0 Å². The van der Waals surface area contributed by atoms with Gasteiger partial charge in [0.2, 0.25) is 0 Å². The van der Waals surface area contributed by atoms with Gasteiger partial charge in [-0.25, -0.2) is 0 Å². The second-order valence-electron chi connectivity index (χ2n) is 5.43. The second-order valence-corrected chi connectivity index (χ2v) is 5.43. The zero-order valence-corrected chi connectivity index (χ0v) is 12.7. The summed E-state index contributed by atoms with van der Waals surface area (Å²) in [7, 11) is 0. The highest BCUT2D eigenvalue weighted by Gasteiger charge is 2.07. The molecule has 0 aliphatic heterocycles. The molecule has 0 aliphatic rings. The fourth-order valence-corrected chi connectivity index (χ4v) is 2.39. The lowest BCUT2D eigenvalue weighted by Gasteiger charge is -2.18. The van der Waals surface area contributed by atoms with Crippen LogP contribution in [0.3, 0.4) is 0 Å². The average Bonchev–Trinajstić information content (AvgIpc) is 2.45. The van der Waals surface area contributed by atoms with E-state index in [9.17, 15) is 0 Å². The first kappa shape index (κ1) is 16.2. The van der Waals surface area contributed by atoms with E-state index in [1.54, 1.807) is 0 Å². The molecule has 0 aromatic carbocycles. The lowest BCUT2D eigenvalue weighted by Crippen LogP contribution is -2.28. The average molecular weight is 262 g/mol. The molecule has 0 aliphatic carbocycles. The molecule has 1 aromatic heterocycles. The van der Waals surface area contributed by atoms with Gasteiger partial charge in [-0.05, 0) is 24.5 Å². The second kappa shape index (κ2) is 11.0. The molecular formula is C17H30N2. The van der Waals surface area contributed by atoms with Gasteiger partial charge in [0.05, 0.1) is 0 Å². The first-order valence-electron chi connectivity index (χ1n) is 7.99. The number of aromatic nitrogens is 1. The summed E-state index contributed by atoms with van der Waals surface area (Å²) >= 11 is 0. The third-order valence-corrected chi connectivity index (χ3v) is 3.63. The van der Waals surface area contributed by atoms with Crippen LogP contribution < -0.4 is 5.32 Å². The fourth-order valence-electron chi connectivity index (χ4n) is 2.39. The molecule has 1 rings (SSSR count). The number of hydrogen-bond acceptors (Lipinski definition) is 2. The van der Waals surface area contributed by atoms with Crippen LogP contribution in [-0.4, -0.2) is 11.0 Å². The van der Waals surface area contributed by atoms with Gasteiger partial charge < -0.3 is 5.32 Å². The van der Waals surface area contributed by atoms with Crippen molar-refractivity contribution in [2.24, 2.45) is 0 Å². The Kier molecular flexibility index (Phi) is 9.34. The summed E-state index contributed by atoms with van der Waals surface area (Å²) in [5.74, 6) is 0. The van der Waals surface area contributed by atoms with Crippen molar-refractivity contribution >= 4 is 0 Å². The number of hydrogen-bond donors (Lipinski definition) is 1. The highest BCUT2D eigenvalue weighted by Crippen LogP contribution is 2.11. The smallest absolute Gasteiger partial charge is 0.0312 e. The summed E-state index contributed by atoms with van der Waals surface area (Å²) in [5, 5.41) is 3.71. The quantitative estimate of drug-likeness (QED) is 0.585. The molecule has 0 spiro atoms. The summed E-state index contributed by atoms with van der Waals surface area (Å²) in [6.07, 6.45) is 14.5. The molecule has 108 valence electrons. The van der Waals surface area contributed by atoms with E-state index in [0.29, 0.717) is 6.04 Å². The Balaban J connectivity index is 2.30. The van der Waals surface area contributed by atoms with Crippen molar-refractivity contribution in [3.63, 3.8) is 0 Å². The number of rotatable bonds is 11. The number of pyridine rings is 1. The Labute approximate surface area is 119 Å². The standard InChI is InChI=1S/C17H30N2/c1-3-5-7-11-17(12-8-6-4-2)19-15-16-10-9-13-18-14-16/h9-10,13-14,17,19H,3-8,11-12,15H2,1-2H3. The normalized spacial score (nSPS) is 11.1. The fraction of sp³-hybridized carbons (Fsp3) is 0.706.